The molecule has 2 aromatic carbocycles. The fourth-order valence-electron chi connectivity index (χ4n) is 2.61. The number of halogens is 1. The zero-order valence-electron chi connectivity index (χ0n) is 9.44. The molecule has 0 aliphatic heterocycles. The summed E-state index contributed by atoms with van der Waals surface area (Å²) in [5.74, 6) is 0.104. The highest BCUT2D eigenvalue weighted by Gasteiger charge is 2.18. The van der Waals surface area contributed by atoms with Gasteiger partial charge in [0.2, 0.25) is 0 Å². The Morgan fingerprint density at radius 1 is 0.889 bits per heavy atom. The molecule has 1 aliphatic carbocycles. The average Bonchev–Trinajstić information content (AvgIpc) is 2.90. The van der Waals surface area contributed by atoms with Crippen LogP contribution in [0.1, 0.15) is 15.9 Å². The van der Waals surface area contributed by atoms with Gasteiger partial charge in [0.1, 0.15) is 0 Å². The Kier molecular flexibility index (Phi) is 2.28. The van der Waals surface area contributed by atoms with Gasteiger partial charge in [0.05, 0.1) is 0 Å². The highest BCUT2D eigenvalue weighted by atomic mass is 35.5. The van der Waals surface area contributed by atoms with Crippen LogP contribution in [0.4, 0.5) is 0 Å². The molecule has 0 amide bonds. The Hall–Kier alpha value is -2.06. The van der Waals surface area contributed by atoms with Crippen molar-refractivity contribution >= 4 is 46.1 Å². The molecule has 1 heterocycles. The molecule has 1 N–H and O–H groups in total. The minimum absolute atomic E-state index is 0. The van der Waals surface area contributed by atoms with Gasteiger partial charge in [0.15, 0.2) is 5.78 Å². The lowest BCUT2D eigenvalue weighted by Gasteiger charge is -1.99. The van der Waals surface area contributed by atoms with E-state index >= 15 is 0 Å². The summed E-state index contributed by atoms with van der Waals surface area (Å²) in [7, 11) is 0. The van der Waals surface area contributed by atoms with E-state index in [1.54, 1.807) is 6.08 Å². The predicted octanol–water partition coefficient (Wildman–Crippen LogP) is 3.95. The van der Waals surface area contributed by atoms with E-state index in [4.69, 9.17) is 0 Å². The van der Waals surface area contributed by atoms with Crippen LogP contribution in [0.3, 0.4) is 0 Å². The molecule has 1 aliphatic rings. The molecule has 0 radical (unpaired) electrons. The van der Waals surface area contributed by atoms with Crippen molar-refractivity contribution in [1.29, 1.82) is 0 Å². The molecule has 88 valence electrons. The topological polar surface area (TPSA) is 32.9 Å². The molecule has 3 aromatic rings. The van der Waals surface area contributed by atoms with Crippen LogP contribution >= 0.6 is 12.4 Å². The maximum atomic E-state index is 11.7. The summed E-state index contributed by atoms with van der Waals surface area (Å²) in [5, 5.41) is 2.33. The number of H-pyrrole nitrogens is 1. The first-order valence-electron chi connectivity index (χ1n) is 5.60. The minimum atomic E-state index is 0. The molecule has 3 heteroatoms. The predicted molar refractivity (Wildman–Crippen MR) is 76.4 cm³/mol. The van der Waals surface area contributed by atoms with Gasteiger partial charge in [-0.25, -0.2) is 0 Å². The lowest BCUT2D eigenvalue weighted by Crippen LogP contribution is -1.90. The van der Waals surface area contributed by atoms with Gasteiger partial charge in [-0.05, 0) is 35.9 Å². The maximum absolute atomic E-state index is 11.7. The average molecular weight is 256 g/mol. The Labute approximate surface area is 110 Å². The maximum Gasteiger partial charge on any atom is 0.186 e. The fraction of sp³-hybridized carbons (Fsp3) is 0. The summed E-state index contributed by atoms with van der Waals surface area (Å²) in [6, 6.07) is 12.1. The third kappa shape index (κ3) is 1.27. The quantitative estimate of drug-likeness (QED) is 0.648. The van der Waals surface area contributed by atoms with Crippen molar-refractivity contribution in [2.24, 2.45) is 0 Å². The van der Waals surface area contributed by atoms with Crippen LogP contribution in [0.25, 0.3) is 27.9 Å². The normalized spacial score (nSPS) is 13.0. The summed E-state index contributed by atoms with van der Waals surface area (Å²) in [5.41, 5.74) is 4.06. The SMILES string of the molecule is Cl.O=C1C=Cc2c1ccc1[nH]c3ccccc3c21. The molecule has 1 aromatic heterocycles. The molecule has 0 unspecified atom stereocenters. The van der Waals surface area contributed by atoms with Gasteiger partial charge in [-0.2, -0.15) is 0 Å². The van der Waals surface area contributed by atoms with Gasteiger partial charge in [0.25, 0.3) is 0 Å². The third-order valence-electron chi connectivity index (χ3n) is 3.38. The first kappa shape index (κ1) is 11.1. The largest absolute Gasteiger partial charge is 0.354 e. The number of aromatic amines is 1. The smallest absolute Gasteiger partial charge is 0.186 e. The van der Waals surface area contributed by atoms with E-state index in [9.17, 15) is 4.79 Å². The second-order valence-corrected chi connectivity index (χ2v) is 4.32. The zero-order chi connectivity index (χ0) is 11.4. The van der Waals surface area contributed by atoms with Crippen molar-refractivity contribution in [2.45, 2.75) is 0 Å². The molecule has 4 rings (SSSR count). The number of benzene rings is 2. The van der Waals surface area contributed by atoms with E-state index in [2.05, 4.69) is 17.1 Å². The van der Waals surface area contributed by atoms with E-state index in [0.29, 0.717) is 0 Å². The molecule has 0 bridgehead atoms. The first-order valence-corrected chi connectivity index (χ1v) is 5.60. The Bertz CT molecular complexity index is 814. The van der Waals surface area contributed by atoms with Gasteiger partial charge >= 0.3 is 0 Å². The molecular formula is C15H10ClNO. The van der Waals surface area contributed by atoms with E-state index in [1.807, 2.05) is 30.3 Å². The molecule has 0 atom stereocenters. The highest BCUT2D eigenvalue weighted by molar-refractivity contribution is 6.22. The van der Waals surface area contributed by atoms with Crippen molar-refractivity contribution in [3.8, 4) is 0 Å². The third-order valence-corrected chi connectivity index (χ3v) is 3.38. The molecule has 0 spiro atoms. The molecular weight excluding hydrogens is 246 g/mol. The molecule has 0 saturated heterocycles. The van der Waals surface area contributed by atoms with Crippen molar-refractivity contribution in [3.63, 3.8) is 0 Å². The summed E-state index contributed by atoms with van der Waals surface area (Å²) in [4.78, 5) is 15.0. The molecule has 0 saturated carbocycles. The Balaban J connectivity index is 0.000001000. The molecule has 18 heavy (non-hydrogen) atoms. The molecule has 0 fully saturated rings. The number of carbonyl (C=O) groups is 1. The standard InChI is InChI=1S/C15H9NO.ClH/c17-14-8-6-10-9(14)5-7-13-15(10)11-3-1-2-4-12(11)16-13;/h1-8,16H;1H. The van der Waals surface area contributed by atoms with Gasteiger partial charge < -0.3 is 4.98 Å². The van der Waals surface area contributed by atoms with Crippen molar-refractivity contribution in [2.75, 3.05) is 0 Å². The minimum Gasteiger partial charge on any atom is -0.354 e. The van der Waals surface area contributed by atoms with Gasteiger partial charge in [-0.15, -0.1) is 12.4 Å². The van der Waals surface area contributed by atoms with Crippen molar-refractivity contribution in [1.82, 2.24) is 4.98 Å². The van der Waals surface area contributed by atoms with E-state index in [-0.39, 0.29) is 18.2 Å². The lowest BCUT2D eigenvalue weighted by atomic mass is 10.0. The Morgan fingerprint density at radius 2 is 1.72 bits per heavy atom. The Morgan fingerprint density at radius 3 is 2.61 bits per heavy atom. The van der Waals surface area contributed by atoms with E-state index in [1.165, 1.54) is 5.39 Å². The summed E-state index contributed by atoms with van der Waals surface area (Å²) in [6.45, 7) is 0. The van der Waals surface area contributed by atoms with Crippen LogP contribution in [0.5, 0.6) is 0 Å². The number of ketones is 1. The van der Waals surface area contributed by atoms with Crippen LogP contribution in [0, 0.1) is 0 Å². The van der Waals surface area contributed by atoms with E-state index < -0.39 is 0 Å². The number of hydrogen-bond donors (Lipinski definition) is 1. The summed E-state index contributed by atoms with van der Waals surface area (Å²) < 4.78 is 0. The second kappa shape index (κ2) is 3.72. The molecule has 2 nitrogen and oxygen atoms in total. The summed E-state index contributed by atoms with van der Waals surface area (Å²) >= 11 is 0. The number of nitrogens with one attached hydrogen (secondary N) is 1. The lowest BCUT2D eigenvalue weighted by molar-refractivity contribution is 0.105. The van der Waals surface area contributed by atoms with Crippen LogP contribution in [-0.4, -0.2) is 10.8 Å². The number of rotatable bonds is 0. The van der Waals surface area contributed by atoms with Crippen molar-refractivity contribution in [3.05, 3.63) is 53.6 Å². The van der Waals surface area contributed by atoms with Crippen LogP contribution < -0.4 is 0 Å². The monoisotopic (exact) mass is 255 g/mol. The van der Waals surface area contributed by atoms with E-state index in [0.717, 1.165) is 27.5 Å². The number of carbonyl (C=O) groups excluding carboxylic acids is 1. The number of aromatic nitrogens is 1. The first-order chi connectivity index (χ1) is 8.34. The van der Waals surface area contributed by atoms with Gasteiger partial charge in [-0.3, -0.25) is 4.79 Å². The number of allylic oxidation sites excluding steroid dienone is 1. The number of hydrogen-bond acceptors (Lipinski definition) is 1. The highest BCUT2D eigenvalue weighted by Crippen LogP contribution is 2.33. The van der Waals surface area contributed by atoms with Gasteiger partial charge in [-0.1, -0.05) is 18.2 Å². The van der Waals surface area contributed by atoms with Crippen LogP contribution in [0.15, 0.2) is 42.5 Å². The number of para-hydroxylation sites is 1. The fourth-order valence-corrected chi connectivity index (χ4v) is 2.61. The zero-order valence-corrected chi connectivity index (χ0v) is 10.3. The summed E-state index contributed by atoms with van der Waals surface area (Å²) in [6.07, 6.45) is 3.56. The van der Waals surface area contributed by atoms with Crippen molar-refractivity contribution < 1.29 is 4.79 Å². The van der Waals surface area contributed by atoms with Crippen LogP contribution in [-0.2, 0) is 0 Å². The van der Waals surface area contributed by atoms with Crippen LogP contribution in [0.2, 0.25) is 0 Å². The van der Waals surface area contributed by atoms with Gasteiger partial charge in [0, 0.05) is 27.4 Å². The number of fused-ring (bicyclic) bond motifs is 5. The second-order valence-electron chi connectivity index (χ2n) is 4.32.